The van der Waals surface area contributed by atoms with Crippen molar-refractivity contribution in [3.63, 3.8) is 0 Å². The van der Waals surface area contributed by atoms with E-state index in [9.17, 15) is 0 Å². The summed E-state index contributed by atoms with van der Waals surface area (Å²) >= 11 is 0. The second kappa shape index (κ2) is 3.31. The van der Waals surface area contributed by atoms with E-state index >= 15 is 0 Å². The molecule has 1 aromatic rings. The van der Waals surface area contributed by atoms with Crippen LogP contribution in [0.4, 0.5) is 0 Å². The summed E-state index contributed by atoms with van der Waals surface area (Å²) in [4.78, 5) is 0. The summed E-state index contributed by atoms with van der Waals surface area (Å²) in [5.41, 5.74) is 8.16. The van der Waals surface area contributed by atoms with Crippen molar-refractivity contribution < 1.29 is 4.42 Å². The summed E-state index contributed by atoms with van der Waals surface area (Å²) in [5.74, 6) is 0.724. The predicted molar refractivity (Wildman–Crippen MR) is 47.8 cm³/mol. The van der Waals surface area contributed by atoms with Crippen LogP contribution in [-0.4, -0.2) is 0 Å². The Balaban J connectivity index is 2.19. The molecule has 1 fully saturated rings. The van der Waals surface area contributed by atoms with E-state index in [1.165, 1.54) is 36.8 Å². The maximum atomic E-state index is 5.60. The van der Waals surface area contributed by atoms with Gasteiger partial charge in [0.25, 0.3) is 0 Å². The van der Waals surface area contributed by atoms with E-state index in [4.69, 9.17) is 10.2 Å². The molecule has 1 saturated carbocycles. The van der Waals surface area contributed by atoms with Crippen LogP contribution in [0.3, 0.4) is 0 Å². The molecule has 2 rings (SSSR count). The van der Waals surface area contributed by atoms with E-state index < -0.39 is 0 Å². The van der Waals surface area contributed by atoms with E-state index in [2.05, 4.69) is 0 Å². The van der Waals surface area contributed by atoms with Crippen LogP contribution in [0.5, 0.6) is 0 Å². The maximum absolute atomic E-state index is 5.60. The van der Waals surface area contributed by atoms with Gasteiger partial charge in [0.2, 0.25) is 0 Å². The minimum atomic E-state index is 0.613. The van der Waals surface area contributed by atoms with Crippen LogP contribution in [0.2, 0.25) is 0 Å². The van der Waals surface area contributed by atoms with Crippen LogP contribution >= 0.6 is 0 Å². The zero-order valence-electron chi connectivity index (χ0n) is 7.25. The van der Waals surface area contributed by atoms with Gasteiger partial charge < -0.3 is 10.2 Å². The third-order valence-electron chi connectivity index (χ3n) is 2.79. The van der Waals surface area contributed by atoms with Crippen molar-refractivity contribution in [2.24, 2.45) is 5.73 Å². The molecule has 0 unspecified atom stereocenters. The summed E-state index contributed by atoms with van der Waals surface area (Å²) in [6, 6.07) is 0. The third-order valence-corrected chi connectivity index (χ3v) is 2.79. The Morgan fingerprint density at radius 2 is 2.08 bits per heavy atom. The zero-order valence-corrected chi connectivity index (χ0v) is 7.25. The van der Waals surface area contributed by atoms with Gasteiger partial charge in [0.15, 0.2) is 0 Å². The predicted octanol–water partition coefficient (Wildman–Crippen LogP) is 2.40. The molecule has 12 heavy (non-hydrogen) atoms. The molecule has 1 aromatic heterocycles. The third kappa shape index (κ3) is 1.27. The lowest BCUT2D eigenvalue weighted by Crippen LogP contribution is -2.00. The molecule has 0 aliphatic heterocycles. The summed E-state index contributed by atoms with van der Waals surface area (Å²) in [6.07, 6.45) is 9.00. The highest BCUT2D eigenvalue weighted by molar-refractivity contribution is 5.25. The second-order valence-electron chi connectivity index (χ2n) is 3.54. The van der Waals surface area contributed by atoms with E-state index in [1.54, 1.807) is 6.26 Å². The van der Waals surface area contributed by atoms with Gasteiger partial charge in [-0.2, -0.15) is 0 Å². The first-order valence-corrected chi connectivity index (χ1v) is 4.67. The van der Waals surface area contributed by atoms with Crippen molar-refractivity contribution >= 4 is 0 Å². The normalized spacial score (nSPS) is 18.8. The average molecular weight is 165 g/mol. The van der Waals surface area contributed by atoms with Crippen molar-refractivity contribution in [1.82, 2.24) is 0 Å². The van der Waals surface area contributed by atoms with Crippen molar-refractivity contribution in [3.05, 3.63) is 23.7 Å². The molecule has 0 saturated heterocycles. The molecule has 2 N–H and O–H groups in total. The van der Waals surface area contributed by atoms with Crippen molar-refractivity contribution in [2.75, 3.05) is 0 Å². The van der Waals surface area contributed by atoms with Gasteiger partial charge in [-0.25, -0.2) is 0 Å². The lowest BCUT2D eigenvalue weighted by atomic mass is 9.97. The number of rotatable bonds is 2. The van der Waals surface area contributed by atoms with E-state index in [0.29, 0.717) is 6.54 Å². The Morgan fingerprint density at radius 3 is 2.75 bits per heavy atom. The maximum Gasteiger partial charge on any atom is 0.0950 e. The lowest BCUT2D eigenvalue weighted by molar-refractivity contribution is 0.556. The van der Waals surface area contributed by atoms with Gasteiger partial charge in [-0.1, -0.05) is 12.8 Å². The molecule has 0 radical (unpaired) electrons. The molecule has 0 atom stereocenters. The van der Waals surface area contributed by atoms with Gasteiger partial charge in [-0.3, -0.25) is 0 Å². The summed E-state index contributed by atoms with van der Waals surface area (Å²) in [7, 11) is 0. The number of hydrogen-bond acceptors (Lipinski definition) is 2. The Kier molecular flexibility index (Phi) is 2.17. The van der Waals surface area contributed by atoms with Crippen LogP contribution in [-0.2, 0) is 6.54 Å². The molecule has 0 amide bonds. The highest BCUT2D eigenvalue weighted by Crippen LogP contribution is 2.35. The monoisotopic (exact) mass is 165 g/mol. The van der Waals surface area contributed by atoms with E-state index in [-0.39, 0.29) is 0 Å². The first kappa shape index (κ1) is 7.87. The quantitative estimate of drug-likeness (QED) is 0.730. The van der Waals surface area contributed by atoms with Crippen molar-refractivity contribution in [3.8, 4) is 0 Å². The van der Waals surface area contributed by atoms with Crippen LogP contribution in [0.1, 0.15) is 42.7 Å². The standard InChI is InChI=1S/C10H15NO/c11-5-9-6-12-7-10(9)8-3-1-2-4-8/h6-8H,1-5,11H2. The fourth-order valence-electron chi connectivity index (χ4n) is 2.09. The van der Waals surface area contributed by atoms with Gasteiger partial charge in [0.1, 0.15) is 0 Å². The second-order valence-corrected chi connectivity index (χ2v) is 3.54. The fourth-order valence-corrected chi connectivity index (χ4v) is 2.09. The van der Waals surface area contributed by atoms with Crippen molar-refractivity contribution in [2.45, 2.75) is 38.1 Å². The zero-order chi connectivity index (χ0) is 8.39. The van der Waals surface area contributed by atoms with Crippen LogP contribution < -0.4 is 5.73 Å². The fraction of sp³-hybridized carbons (Fsp3) is 0.600. The van der Waals surface area contributed by atoms with Gasteiger partial charge in [-0.15, -0.1) is 0 Å². The average Bonchev–Trinajstić information content (AvgIpc) is 2.74. The highest BCUT2D eigenvalue weighted by Gasteiger charge is 2.20. The smallest absolute Gasteiger partial charge is 0.0950 e. The van der Waals surface area contributed by atoms with Crippen molar-refractivity contribution in [1.29, 1.82) is 0 Å². The summed E-state index contributed by atoms with van der Waals surface area (Å²) < 4.78 is 5.17. The SMILES string of the molecule is NCc1cocc1C1CCCC1. The minimum absolute atomic E-state index is 0.613. The highest BCUT2D eigenvalue weighted by atomic mass is 16.3. The van der Waals surface area contributed by atoms with E-state index in [0.717, 1.165) is 5.92 Å². The molecule has 2 nitrogen and oxygen atoms in total. The Hall–Kier alpha value is -0.760. The molecule has 0 spiro atoms. The first-order chi connectivity index (χ1) is 5.92. The van der Waals surface area contributed by atoms with Crippen LogP contribution in [0.15, 0.2) is 16.9 Å². The number of hydrogen-bond donors (Lipinski definition) is 1. The van der Waals surface area contributed by atoms with Gasteiger partial charge in [-0.05, 0) is 24.3 Å². The molecule has 0 bridgehead atoms. The Bertz CT molecular complexity index is 248. The molecule has 1 aliphatic rings. The number of nitrogens with two attached hydrogens (primary N) is 1. The molecule has 0 aromatic carbocycles. The Morgan fingerprint density at radius 1 is 1.33 bits per heavy atom. The van der Waals surface area contributed by atoms with E-state index in [1.807, 2.05) is 6.26 Å². The molecule has 1 heterocycles. The molecule has 2 heteroatoms. The molecule has 66 valence electrons. The summed E-state index contributed by atoms with van der Waals surface area (Å²) in [6.45, 7) is 0.613. The Labute approximate surface area is 72.7 Å². The summed E-state index contributed by atoms with van der Waals surface area (Å²) in [5, 5.41) is 0. The van der Waals surface area contributed by atoms with Gasteiger partial charge >= 0.3 is 0 Å². The van der Waals surface area contributed by atoms with Gasteiger partial charge in [0, 0.05) is 12.1 Å². The topological polar surface area (TPSA) is 39.2 Å². The molecular formula is C10H15NO. The molecular weight excluding hydrogens is 150 g/mol. The first-order valence-electron chi connectivity index (χ1n) is 4.67. The minimum Gasteiger partial charge on any atom is -0.472 e. The van der Waals surface area contributed by atoms with Crippen LogP contribution in [0.25, 0.3) is 0 Å². The number of furan rings is 1. The lowest BCUT2D eigenvalue weighted by Gasteiger charge is -2.07. The van der Waals surface area contributed by atoms with Crippen LogP contribution in [0, 0.1) is 0 Å². The van der Waals surface area contributed by atoms with Gasteiger partial charge in [0.05, 0.1) is 12.5 Å². The largest absolute Gasteiger partial charge is 0.472 e. The molecule has 1 aliphatic carbocycles.